The van der Waals surface area contributed by atoms with Crippen LogP contribution in [0.2, 0.25) is 0 Å². The summed E-state index contributed by atoms with van der Waals surface area (Å²) in [7, 11) is 0. The molecule has 0 aromatic heterocycles. The van der Waals surface area contributed by atoms with Crippen LogP contribution in [0.15, 0.2) is 22.5 Å². The van der Waals surface area contributed by atoms with Crippen molar-refractivity contribution in [3.63, 3.8) is 0 Å². The molecule has 0 bridgehead atoms. The van der Waals surface area contributed by atoms with Crippen molar-refractivity contribution < 1.29 is 19.1 Å². The van der Waals surface area contributed by atoms with Crippen LogP contribution in [0.5, 0.6) is 0 Å². The summed E-state index contributed by atoms with van der Waals surface area (Å²) in [6.07, 6.45) is 2.65. The Kier molecular flexibility index (Phi) is 7.15. The lowest BCUT2D eigenvalue weighted by Gasteiger charge is -2.30. The molecule has 22 heavy (non-hydrogen) atoms. The molecule has 0 saturated heterocycles. The Labute approximate surface area is 132 Å². The molecule has 0 spiro atoms. The average molecular weight is 309 g/mol. The zero-order valence-corrected chi connectivity index (χ0v) is 14.2. The highest BCUT2D eigenvalue weighted by molar-refractivity contribution is 5.97. The number of rotatable bonds is 7. The van der Waals surface area contributed by atoms with Crippen LogP contribution in [0.3, 0.4) is 0 Å². The maximum Gasteiger partial charge on any atom is 0.336 e. The van der Waals surface area contributed by atoms with Crippen molar-refractivity contribution in [2.45, 2.75) is 53.9 Å². The Bertz CT molecular complexity index is 451. The second-order valence-electron chi connectivity index (χ2n) is 5.34. The Morgan fingerprint density at radius 1 is 0.955 bits per heavy atom. The molecule has 1 aliphatic heterocycles. The minimum absolute atomic E-state index is 0.265. The van der Waals surface area contributed by atoms with Gasteiger partial charge in [0.25, 0.3) is 0 Å². The molecule has 0 saturated carbocycles. The van der Waals surface area contributed by atoms with Crippen molar-refractivity contribution in [1.29, 1.82) is 0 Å². The number of nitrogens with one attached hydrogen (secondary N) is 1. The molecule has 124 valence electrons. The lowest BCUT2D eigenvalue weighted by atomic mass is 9.82. The number of hydrogen-bond donors (Lipinski definition) is 1. The van der Waals surface area contributed by atoms with Gasteiger partial charge in [0, 0.05) is 17.3 Å². The minimum atomic E-state index is -0.358. The summed E-state index contributed by atoms with van der Waals surface area (Å²) in [6, 6.07) is 0. The van der Waals surface area contributed by atoms with Crippen LogP contribution < -0.4 is 5.32 Å². The zero-order valence-electron chi connectivity index (χ0n) is 14.2. The fourth-order valence-corrected chi connectivity index (χ4v) is 2.79. The highest BCUT2D eigenvalue weighted by atomic mass is 16.5. The molecule has 0 amide bonds. The van der Waals surface area contributed by atoms with Gasteiger partial charge < -0.3 is 14.8 Å². The SMILES string of the molecule is CCCCC1C(C(=O)OCC)=C(C)NC(C)=C1C(=O)OCC. The van der Waals surface area contributed by atoms with E-state index in [1.165, 1.54) is 0 Å². The molecule has 5 heteroatoms. The smallest absolute Gasteiger partial charge is 0.336 e. The quantitative estimate of drug-likeness (QED) is 0.732. The van der Waals surface area contributed by atoms with Gasteiger partial charge in [-0.3, -0.25) is 0 Å². The predicted octanol–water partition coefficient (Wildman–Crippen LogP) is 3.07. The number of esters is 2. The molecule has 5 nitrogen and oxygen atoms in total. The number of hydrogen-bond acceptors (Lipinski definition) is 5. The summed E-state index contributed by atoms with van der Waals surface area (Å²) in [4.78, 5) is 24.6. The molecule has 0 aliphatic carbocycles. The van der Waals surface area contributed by atoms with Crippen LogP contribution in [0.25, 0.3) is 0 Å². The topological polar surface area (TPSA) is 64.6 Å². The van der Waals surface area contributed by atoms with Gasteiger partial charge in [0.1, 0.15) is 0 Å². The molecule has 0 radical (unpaired) electrons. The third kappa shape index (κ3) is 4.12. The highest BCUT2D eigenvalue weighted by Crippen LogP contribution is 2.34. The second-order valence-corrected chi connectivity index (χ2v) is 5.34. The Hall–Kier alpha value is -1.78. The molecular formula is C17H27NO4. The van der Waals surface area contributed by atoms with Crippen LogP contribution >= 0.6 is 0 Å². The molecule has 0 fully saturated rings. The third-order valence-corrected chi connectivity index (χ3v) is 3.72. The van der Waals surface area contributed by atoms with Gasteiger partial charge in [-0.15, -0.1) is 0 Å². The largest absolute Gasteiger partial charge is 0.463 e. The second kappa shape index (κ2) is 8.61. The van der Waals surface area contributed by atoms with E-state index in [9.17, 15) is 9.59 Å². The molecule has 1 N–H and O–H groups in total. The molecule has 0 unspecified atom stereocenters. The maximum atomic E-state index is 12.3. The first kappa shape index (κ1) is 18.3. The molecule has 0 aromatic rings. The van der Waals surface area contributed by atoms with E-state index in [0.29, 0.717) is 24.4 Å². The van der Waals surface area contributed by atoms with Crippen LogP contribution in [-0.4, -0.2) is 25.2 Å². The first-order chi connectivity index (χ1) is 10.5. The highest BCUT2D eigenvalue weighted by Gasteiger charge is 2.36. The standard InChI is InChI=1S/C17H27NO4/c1-6-9-10-13-14(16(19)21-7-2)11(4)18-12(5)15(13)17(20)22-8-3/h13,18H,6-10H2,1-5H3. The summed E-state index contributed by atoms with van der Waals surface area (Å²) in [5.41, 5.74) is 2.60. The van der Waals surface area contributed by atoms with E-state index in [4.69, 9.17) is 9.47 Å². The van der Waals surface area contributed by atoms with Crippen molar-refractivity contribution in [3.8, 4) is 0 Å². The summed E-state index contributed by atoms with van der Waals surface area (Å²) in [6.45, 7) is 9.95. The van der Waals surface area contributed by atoms with E-state index in [2.05, 4.69) is 12.2 Å². The van der Waals surface area contributed by atoms with Gasteiger partial charge in [0.05, 0.1) is 24.4 Å². The Morgan fingerprint density at radius 2 is 1.41 bits per heavy atom. The van der Waals surface area contributed by atoms with E-state index in [1.807, 2.05) is 13.8 Å². The van der Waals surface area contributed by atoms with Gasteiger partial charge >= 0.3 is 11.9 Å². The summed E-state index contributed by atoms with van der Waals surface area (Å²) in [5.74, 6) is -0.981. The lowest BCUT2D eigenvalue weighted by Crippen LogP contribution is -2.33. The maximum absolute atomic E-state index is 12.3. The Balaban J connectivity index is 3.21. The fraction of sp³-hybridized carbons (Fsp3) is 0.647. The summed E-state index contributed by atoms with van der Waals surface area (Å²) in [5, 5.41) is 3.12. The van der Waals surface area contributed by atoms with E-state index >= 15 is 0 Å². The van der Waals surface area contributed by atoms with Crippen molar-refractivity contribution in [1.82, 2.24) is 5.32 Å². The zero-order chi connectivity index (χ0) is 16.7. The monoisotopic (exact) mass is 309 g/mol. The molecule has 0 aromatic carbocycles. The molecule has 1 aliphatic rings. The first-order valence-corrected chi connectivity index (χ1v) is 8.00. The van der Waals surface area contributed by atoms with Crippen molar-refractivity contribution in [2.75, 3.05) is 13.2 Å². The van der Waals surface area contributed by atoms with E-state index in [0.717, 1.165) is 30.7 Å². The van der Waals surface area contributed by atoms with Gasteiger partial charge in [-0.05, 0) is 34.1 Å². The van der Waals surface area contributed by atoms with Crippen LogP contribution in [-0.2, 0) is 19.1 Å². The normalized spacial score (nSPS) is 15.7. The number of dihydropyridines is 1. The van der Waals surface area contributed by atoms with Gasteiger partial charge in [-0.25, -0.2) is 9.59 Å². The first-order valence-electron chi connectivity index (χ1n) is 8.00. The van der Waals surface area contributed by atoms with Crippen LogP contribution in [0, 0.1) is 5.92 Å². The van der Waals surface area contributed by atoms with E-state index < -0.39 is 0 Å². The molecular weight excluding hydrogens is 282 g/mol. The minimum Gasteiger partial charge on any atom is -0.463 e. The van der Waals surface area contributed by atoms with Gasteiger partial charge in [-0.2, -0.15) is 0 Å². The van der Waals surface area contributed by atoms with Gasteiger partial charge in [0.15, 0.2) is 0 Å². The Morgan fingerprint density at radius 3 is 1.77 bits per heavy atom. The van der Waals surface area contributed by atoms with Crippen molar-refractivity contribution in [3.05, 3.63) is 22.5 Å². The lowest BCUT2D eigenvalue weighted by molar-refractivity contribution is -0.140. The summed E-state index contributed by atoms with van der Waals surface area (Å²) >= 11 is 0. The number of unbranched alkanes of at least 4 members (excludes halogenated alkanes) is 1. The fourth-order valence-electron chi connectivity index (χ4n) is 2.79. The molecule has 0 atom stereocenters. The van der Waals surface area contributed by atoms with Crippen LogP contribution in [0.1, 0.15) is 53.9 Å². The molecule has 1 rings (SSSR count). The van der Waals surface area contributed by atoms with Crippen molar-refractivity contribution in [2.24, 2.45) is 5.92 Å². The third-order valence-electron chi connectivity index (χ3n) is 3.72. The van der Waals surface area contributed by atoms with E-state index in [1.54, 1.807) is 13.8 Å². The number of carbonyl (C=O) groups excluding carboxylic acids is 2. The van der Waals surface area contributed by atoms with Crippen molar-refractivity contribution >= 4 is 11.9 Å². The van der Waals surface area contributed by atoms with Gasteiger partial charge in [-0.1, -0.05) is 19.8 Å². The predicted molar refractivity (Wildman–Crippen MR) is 84.8 cm³/mol. The van der Waals surface area contributed by atoms with Crippen LogP contribution in [0.4, 0.5) is 0 Å². The number of ether oxygens (including phenoxy) is 2. The molecule has 1 heterocycles. The van der Waals surface area contributed by atoms with E-state index in [-0.39, 0.29) is 17.9 Å². The number of allylic oxidation sites excluding steroid dienone is 2. The average Bonchev–Trinajstić information content (AvgIpc) is 2.44. The summed E-state index contributed by atoms with van der Waals surface area (Å²) < 4.78 is 10.3. The van der Waals surface area contributed by atoms with Gasteiger partial charge in [0.2, 0.25) is 0 Å². The number of carbonyl (C=O) groups is 2.